The molecule has 0 bridgehead atoms. The highest BCUT2D eigenvalue weighted by atomic mass is 14.9. The number of benzene rings is 1. The van der Waals surface area contributed by atoms with Gasteiger partial charge in [-0.2, -0.15) is 10.5 Å². The molecule has 0 aromatic heterocycles. The van der Waals surface area contributed by atoms with Gasteiger partial charge in [-0.1, -0.05) is 30.3 Å². The van der Waals surface area contributed by atoms with Gasteiger partial charge in [-0.25, -0.2) is 0 Å². The molecule has 0 fully saturated rings. The van der Waals surface area contributed by atoms with E-state index in [2.05, 4.69) is 17.5 Å². The van der Waals surface area contributed by atoms with Gasteiger partial charge in [0.15, 0.2) is 0 Å². The Morgan fingerprint density at radius 2 is 1.93 bits per heavy atom. The highest BCUT2D eigenvalue weighted by Crippen LogP contribution is 2.26. The molecule has 15 heavy (non-hydrogen) atoms. The van der Waals surface area contributed by atoms with Crippen LogP contribution in [0.25, 0.3) is 5.70 Å². The summed E-state index contributed by atoms with van der Waals surface area (Å²) in [5, 5.41) is 21.0. The lowest BCUT2D eigenvalue weighted by Crippen LogP contribution is -2.10. The molecule has 3 heteroatoms. The Bertz CT molecular complexity index is 474. The van der Waals surface area contributed by atoms with Crippen LogP contribution in [0.3, 0.4) is 0 Å². The van der Waals surface area contributed by atoms with Crippen LogP contribution in [0.4, 0.5) is 0 Å². The van der Waals surface area contributed by atoms with Gasteiger partial charge in [-0.05, 0) is 5.56 Å². The van der Waals surface area contributed by atoms with Gasteiger partial charge in [0, 0.05) is 6.54 Å². The van der Waals surface area contributed by atoms with Crippen LogP contribution in [0.2, 0.25) is 0 Å². The van der Waals surface area contributed by atoms with E-state index in [4.69, 9.17) is 10.5 Å². The summed E-state index contributed by atoms with van der Waals surface area (Å²) in [6.07, 6.45) is 0. The Morgan fingerprint density at radius 3 is 2.53 bits per heavy atom. The lowest BCUT2D eigenvalue weighted by Gasteiger charge is -2.03. The molecule has 1 aliphatic rings. The first kappa shape index (κ1) is 9.30. The Hall–Kier alpha value is -2.26. The van der Waals surface area contributed by atoms with Crippen molar-refractivity contribution in [2.75, 3.05) is 6.54 Å². The third-order valence-corrected chi connectivity index (χ3v) is 2.44. The highest BCUT2D eigenvalue weighted by Gasteiger charge is 2.25. The average molecular weight is 195 g/mol. The summed E-state index contributed by atoms with van der Waals surface area (Å²) >= 11 is 0. The van der Waals surface area contributed by atoms with Gasteiger partial charge in [0.1, 0.15) is 5.92 Å². The predicted octanol–water partition coefficient (Wildman–Crippen LogP) is 1.66. The van der Waals surface area contributed by atoms with Crippen LogP contribution in [0.15, 0.2) is 35.9 Å². The SMILES string of the molecule is N#CC1=C(c2ccccc2)NC[C@@H]1C#N. The van der Waals surface area contributed by atoms with Crippen molar-refractivity contribution in [3.63, 3.8) is 0 Å². The first-order valence-electron chi connectivity index (χ1n) is 4.70. The molecule has 0 amide bonds. The van der Waals surface area contributed by atoms with Crippen LogP contribution in [0.1, 0.15) is 5.56 Å². The largest absolute Gasteiger partial charge is 0.382 e. The zero-order valence-electron chi connectivity index (χ0n) is 8.07. The second kappa shape index (κ2) is 3.86. The first-order valence-corrected chi connectivity index (χ1v) is 4.70. The Labute approximate surface area is 88.3 Å². The molecule has 1 N–H and O–H groups in total. The molecule has 1 atom stereocenters. The van der Waals surface area contributed by atoms with Gasteiger partial charge >= 0.3 is 0 Å². The van der Waals surface area contributed by atoms with Gasteiger partial charge in [-0.3, -0.25) is 0 Å². The number of nitrogens with zero attached hydrogens (tertiary/aromatic N) is 2. The van der Waals surface area contributed by atoms with Crippen molar-refractivity contribution in [1.82, 2.24) is 5.32 Å². The summed E-state index contributed by atoms with van der Waals surface area (Å²) in [5.41, 5.74) is 2.31. The molecule has 1 aromatic carbocycles. The van der Waals surface area contributed by atoms with Crippen LogP contribution in [0, 0.1) is 28.6 Å². The number of nitrogens with one attached hydrogen (secondary N) is 1. The molecule has 0 spiro atoms. The number of hydrogen-bond donors (Lipinski definition) is 1. The molecule has 0 radical (unpaired) electrons. The molecule has 3 nitrogen and oxygen atoms in total. The molecule has 0 saturated heterocycles. The highest BCUT2D eigenvalue weighted by molar-refractivity contribution is 5.73. The molecule has 72 valence electrons. The maximum absolute atomic E-state index is 9.00. The van der Waals surface area contributed by atoms with Crippen LogP contribution in [-0.4, -0.2) is 6.54 Å². The Kier molecular flexibility index (Phi) is 2.39. The van der Waals surface area contributed by atoms with Crippen molar-refractivity contribution in [2.45, 2.75) is 0 Å². The molecule has 0 unspecified atom stereocenters. The Morgan fingerprint density at radius 1 is 1.20 bits per heavy atom. The number of nitriles is 2. The zero-order valence-corrected chi connectivity index (χ0v) is 8.07. The van der Waals surface area contributed by atoms with Crippen LogP contribution < -0.4 is 5.32 Å². The topological polar surface area (TPSA) is 59.6 Å². The average Bonchev–Trinajstić information content (AvgIpc) is 2.72. The summed E-state index contributed by atoms with van der Waals surface area (Å²) in [7, 11) is 0. The third-order valence-electron chi connectivity index (χ3n) is 2.44. The minimum Gasteiger partial charge on any atom is -0.382 e. The molecule has 0 saturated carbocycles. The molecule has 1 heterocycles. The van der Waals surface area contributed by atoms with E-state index in [0.717, 1.165) is 11.3 Å². The van der Waals surface area contributed by atoms with E-state index < -0.39 is 0 Å². The summed E-state index contributed by atoms with van der Waals surface area (Å²) in [4.78, 5) is 0. The van der Waals surface area contributed by atoms with Gasteiger partial charge in [0.2, 0.25) is 0 Å². The summed E-state index contributed by atoms with van der Waals surface area (Å²) < 4.78 is 0. The molecule has 0 aliphatic carbocycles. The molecular weight excluding hydrogens is 186 g/mol. The van der Waals surface area contributed by atoms with Crippen LogP contribution in [-0.2, 0) is 0 Å². The Balaban J connectivity index is 2.47. The fraction of sp³-hybridized carbons (Fsp3) is 0.167. The van der Waals surface area contributed by atoms with Crippen molar-refractivity contribution in [2.24, 2.45) is 5.92 Å². The van der Waals surface area contributed by atoms with Gasteiger partial charge < -0.3 is 5.32 Å². The lowest BCUT2D eigenvalue weighted by atomic mass is 10.0. The monoisotopic (exact) mass is 195 g/mol. The minimum absolute atomic E-state index is 0.315. The van der Waals surface area contributed by atoms with E-state index in [-0.39, 0.29) is 5.92 Å². The molecule has 2 rings (SSSR count). The fourth-order valence-corrected chi connectivity index (χ4v) is 1.68. The van der Waals surface area contributed by atoms with Gasteiger partial charge in [0.05, 0.1) is 23.4 Å². The number of hydrogen-bond acceptors (Lipinski definition) is 3. The van der Waals surface area contributed by atoms with E-state index >= 15 is 0 Å². The van der Waals surface area contributed by atoms with Crippen molar-refractivity contribution in [3.8, 4) is 12.1 Å². The van der Waals surface area contributed by atoms with Crippen LogP contribution >= 0.6 is 0 Å². The lowest BCUT2D eigenvalue weighted by molar-refractivity contribution is 0.791. The number of rotatable bonds is 1. The summed E-state index contributed by atoms with van der Waals surface area (Å²) in [6.45, 7) is 0.531. The second-order valence-corrected chi connectivity index (χ2v) is 3.33. The fourth-order valence-electron chi connectivity index (χ4n) is 1.68. The second-order valence-electron chi connectivity index (χ2n) is 3.33. The maximum Gasteiger partial charge on any atom is 0.101 e. The van der Waals surface area contributed by atoms with E-state index in [0.29, 0.717) is 12.1 Å². The standard InChI is InChI=1S/C12H9N3/c13-6-10-8-15-12(11(10)7-14)9-4-2-1-3-5-9/h1-5,10,15H,8H2/t10-/m0/s1. The molecule has 1 aliphatic heterocycles. The van der Waals surface area contributed by atoms with E-state index in [9.17, 15) is 0 Å². The predicted molar refractivity (Wildman–Crippen MR) is 56.1 cm³/mol. The van der Waals surface area contributed by atoms with Crippen molar-refractivity contribution in [1.29, 1.82) is 10.5 Å². The third kappa shape index (κ3) is 1.56. The quantitative estimate of drug-likeness (QED) is 0.741. The first-order chi connectivity index (χ1) is 7.36. The summed E-state index contributed by atoms with van der Waals surface area (Å²) in [5.74, 6) is -0.315. The van der Waals surface area contributed by atoms with Gasteiger partial charge in [-0.15, -0.1) is 0 Å². The van der Waals surface area contributed by atoms with Crippen molar-refractivity contribution >= 4 is 5.70 Å². The van der Waals surface area contributed by atoms with Gasteiger partial charge in [0.25, 0.3) is 0 Å². The van der Waals surface area contributed by atoms with E-state index in [1.165, 1.54) is 0 Å². The van der Waals surface area contributed by atoms with Crippen molar-refractivity contribution in [3.05, 3.63) is 41.5 Å². The van der Waals surface area contributed by atoms with Crippen molar-refractivity contribution < 1.29 is 0 Å². The van der Waals surface area contributed by atoms with E-state index in [1.807, 2.05) is 30.3 Å². The normalized spacial score (nSPS) is 19.2. The maximum atomic E-state index is 9.00. The minimum atomic E-state index is -0.315. The smallest absolute Gasteiger partial charge is 0.101 e. The summed E-state index contributed by atoms with van der Waals surface area (Å²) in [6, 6.07) is 13.8. The zero-order chi connectivity index (χ0) is 10.7. The van der Waals surface area contributed by atoms with E-state index in [1.54, 1.807) is 0 Å². The van der Waals surface area contributed by atoms with Crippen LogP contribution in [0.5, 0.6) is 0 Å². The molecule has 1 aromatic rings. The molecular formula is C12H9N3.